The number of phenols is 1. The van der Waals surface area contributed by atoms with E-state index in [1.807, 2.05) is 0 Å². The molecular weight excluding hydrogens is 614 g/mol. The number of nitrogens with one attached hydrogen (secondary N) is 4. The number of carbonyl (C=O) groups excluding carboxylic acids is 5. The van der Waals surface area contributed by atoms with Gasteiger partial charge >= 0.3 is 5.97 Å². The fraction of sp³-hybridized carbons (Fsp3) is 0.367. The van der Waals surface area contributed by atoms with E-state index >= 15 is 0 Å². The molecule has 0 bridgehead atoms. The van der Waals surface area contributed by atoms with E-state index in [2.05, 4.69) is 26.3 Å². The summed E-state index contributed by atoms with van der Waals surface area (Å²) in [5.74, 6) is -5.88. The normalized spacial score (nSPS) is 13.1. The smallest absolute Gasteiger partial charge is 0.326 e. The summed E-state index contributed by atoms with van der Waals surface area (Å²) < 4.78 is 0. The Morgan fingerprint density at radius 1 is 0.702 bits per heavy atom. The second kappa shape index (κ2) is 18.9. The fourth-order valence-electron chi connectivity index (χ4n) is 4.38. The molecule has 5 amide bonds. The van der Waals surface area contributed by atoms with Gasteiger partial charge in [0.15, 0.2) is 5.96 Å². The van der Waals surface area contributed by atoms with Crippen molar-refractivity contribution in [2.24, 2.45) is 27.9 Å². The SMILES string of the molecule is NCC(=O)N[C@@H](Cc1ccccc1)C(=O)N[C@@H](CC(N)=O)C(=O)N[C@@H](Cc1ccc(O)cc1)C(=O)N[C@@H](CCCN=C(N)N)C(=O)O. The third kappa shape index (κ3) is 13.9. The number of rotatable bonds is 19. The highest BCUT2D eigenvalue weighted by molar-refractivity contribution is 5.97. The van der Waals surface area contributed by atoms with Gasteiger partial charge in [0, 0.05) is 19.4 Å². The highest BCUT2D eigenvalue weighted by Crippen LogP contribution is 2.13. The summed E-state index contributed by atoms with van der Waals surface area (Å²) in [4.78, 5) is 79.9. The summed E-state index contributed by atoms with van der Waals surface area (Å²) in [6.07, 6.45) is -0.652. The topological polar surface area (TPSA) is 307 Å². The molecule has 14 N–H and O–H groups in total. The average molecular weight is 656 g/mol. The first-order valence-electron chi connectivity index (χ1n) is 14.6. The van der Waals surface area contributed by atoms with E-state index in [0.717, 1.165) is 0 Å². The molecule has 0 saturated heterocycles. The van der Waals surface area contributed by atoms with Gasteiger partial charge in [-0.1, -0.05) is 42.5 Å². The van der Waals surface area contributed by atoms with Crippen LogP contribution in [0.15, 0.2) is 59.6 Å². The highest BCUT2D eigenvalue weighted by atomic mass is 16.4. The molecule has 0 fully saturated rings. The zero-order chi connectivity index (χ0) is 34.9. The number of hydrogen-bond acceptors (Lipinski definition) is 9. The number of carboxylic acids is 1. The number of phenolic OH excluding ortho intramolecular Hbond substituents is 1. The zero-order valence-electron chi connectivity index (χ0n) is 25.6. The van der Waals surface area contributed by atoms with Gasteiger partial charge in [0.2, 0.25) is 29.5 Å². The molecule has 0 radical (unpaired) electrons. The molecule has 0 aromatic heterocycles. The van der Waals surface area contributed by atoms with E-state index < -0.39 is 72.6 Å². The molecule has 2 aromatic rings. The quantitative estimate of drug-likeness (QED) is 0.0415. The molecule has 17 nitrogen and oxygen atoms in total. The van der Waals surface area contributed by atoms with Crippen LogP contribution in [-0.4, -0.2) is 88.9 Å². The summed E-state index contributed by atoms with van der Waals surface area (Å²) in [5, 5.41) is 29.1. The van der Waals surface area contributed by atoms with Gasteiger partial charge in [-0.05, 0) is 36.1 Å². The van der Waals surface area contributed by atoms with Crippen molar-refractivity contribution in [1.29, 1.82) is 0 Å². The predicted octanol–water partition coefficient (Wildman–Crippen LogP) is -2.91. The van der Waals surface area contributed by atoms with Crippen LogP contribution in [0, 0.1) is 0 Å². The molecular formula is C30H41N9O8. The number of benzene rings is 2. The number of nitrogens with zero attached hydrogens (tertiary/aromatic N) is 1. The first kappa shape index (κ1) is 37.5. The van der Waals surface area contributed by atoms with E-state index in [-0.39, 0.29) is 43.9 Å². The third-order valence-electron chi connectivity index (χ3n) is 6.73. The standard InChI is InChI=1S/C30H41N9O8/c31-16-25(42)36-21(13-17-5-2-1-3-6-17)26(43)39-23(15-24(32)41)28(45)38-22(14-18-8-10-19(40)11-9-18)27(44)37-20(29(46)47)7-4-12-35-30(33)34/h1-3,5-6,8-11,20-23,40H,4,7,12-16,31H2,(H2,32,41)(H,36,42)(H,37,44)(H,38,45)(H,39,43)(H,46,47)(H4,33,34,35)/t20-,21-,22-,23-/m0/s1. The Morgan fingerprint density at radius 3 is 1.74 bits per heavy atom. The number of carboxylic acid groups (broad SMARTS) is 1. The second-order valence-corrected chi connectivity index (χ2v) is 10.5. The largest absolute Gasteiger partial charge is 0.508 e. The number of nitrogens with two attached hydrogens (primary N) is 4. The second-order valence-electron chi connectivity index (χ2n) is 10.5. The Labute approximate surface area is 270 Å². The summed E-state index contributed by atoms with van der Waals surface area (Å²) in [6.45, 7) is -0.301. The minimum Gasteiger partial charge on any atom is -0.508 e. The molecule has 17 heteroatoms. The lowest BCUT2D eigenvalue weighted by molar-refractivity contribution is -0.142. The van der Waals surface area contributed by atoms with Gasteiger partial charge in [-0.25, -0.2) is 4.79 Å². The average Bonchev–Trinajstić information content (AvgIpc) is 3.02. The molecule has 47 heavy (non-hydrogen) atoms. The number of primary amides is 1. The summed E-state index contributed by atoms with van der Waals surface area (Å²) in [6, 6.07) is 8.81. The van der Waals surface area contributed by atoms with Crippen LogP contribution in [0.25, 0.3) is 0 Å². The first-order valence-corrected chi connectivity index (χ1v) is 14.6. The van der Waals surface area contributed by atoms with E-state index in [1.165, 1.54) is 24.3 Å². The van der Waals surface area contributed by atoms with Crippen molar-refractivity contribution in [3.63, 3.8) is 0 Å². The fourth-order valence-corrected chi connectivity index (χ4v) is 4.38. The van der Waals surface area contributed by atoms with Crippen LogP contribution in [0.4, 0.5) is 0 Å². The van der Waals surface area contributed by atoms with Gasteiger partial charge < -0.3 is 54.4 Å². The number of aliphatic imine (C=N–C) groups is 1. The van der Waals surface area contributed by atoms with Crippen LogP contribution in [0.1, 0.15) is 30.4 Å². The maximum Gasteiger partial charge on any atom is 0.326 e. The van der Waals surface area contributed by atoms with Gasteiger partial charge in [-0.3, -0.25) is 29.0 Å². The monoisotopic (exact) mass is 655 g/mol. The Morgan fingerprint density at radius 2 is 1.21 bits per heavy atom. The first-order chi connectivity index (χ1) is 22.3. The Balaban J connectivity index is 2.30. The maximum atomic E-state index is 13.5. The Bertz CT molecular complexity index is 1420. The van der Waals surface area contributed by atoms with Crippen LogP contribution in [-0.2, 0) is 41.6 Å². The molecule has 0 aliphatic rings. The van der Waals surface area contributed by atoms with Crippen LogP contribution in [0.2, 0.25) is 0 Å². The summed E-state index contributed by atoms with van der Waals surface area (Å²) >= 11 is 0. The minimum atomic E-state index is -1.59. The molecule has 0 unspecified atom stereocenters. The molecule has 0 aliphatic carbocycles. The molecule has 0 heterocycles. The number of guanidine groups is 1. The Hall–Kier alpha value is -5.71. The van der Waals surface area contributed by atoms with Gasteiger partial charge in [-0.2, -0.15) is 0 Å². The molecule has 2 rings (SSSR count). The van der Waals surface area contributed by atoms with Crippen LogP contribution < -0.4 is 44.2 Å². The Kier molecular flexibility index (Phi) is 15.1. The lowest BCUT2D eigenvalue weighted by Crippen LogP contribution is -2.59. The summed E-state index contributed by atoms with van der Waals surface area (Å²) in [5.41, 5.74) is 22.5. The van der Waals surface area contributed by atoms with Gasteiger partial charge in [0.1, 0.15) is 29.9 Å². The summed E-state index contributed by atoms with van der Waals surface area (Å²) in [7, 11) is 0. The van der Waals surface area contributed by atoms with Gasteiger partial charge in [0.25, 0.3) is 0 Å². The highest BCUT2D eigenvalue weighted by Gasteiger charge is 2.32. The number of aliphatic carboxylic acids is 1. The van der Waals surface area contributed by atoms with E-state index in [9.17, 15) is 39.0 Å². The molecule has 2 aromatic carbocycles. The van der Waals surface area contributed by atoms with Crippen LogP contribution in [0.5, 0.6) is 5.75 Å². The molecule has 4 atom stereocenters. The van der Waals surface area contributed by atoms with Crippen LogP contribution >= 0.6 is 0 Å². The van der Waals surface area contributed by atoms with Crippen molar-refractivity contribution >= 4 is 41.5 Å². The molecule has 254 valence electrons. The number of hydrogen-bond donors (Lipinski definition) is 10. The van der Waals surface area contributed by atoms with Crippen LogP contribution in [0.3, 0.4) is 0 Å². The molecule has 0 saturated carbocycles. The van der Waals surface area contributed by atoms with E-state index in [0.29, 0.717) is 11.1 Å². The minimum absolute atomic E-state index is 0.0228. The van der Waals surface area contributed by atoms with Crippen molar-refractivity contribution in [2.45, 2.75) is 56.3 Å². The number of amides is 5. The van der Waals surface area contributed by atoms with Gasteiger partial charge in [-0.15, -0.1) is 0 Å². The van der Waals surface area contributed by atoms with Crippen molar-refractivity contribution in [3.8, 4) is 5.75 Å². The number of aromatic hydroxyl groups is 1. The predicted molar refractivity (Wildman–Crippen MR) is 170 cm³/mol. The lowest BCUT2D eigenvalue weighted by atomic mass is 10.0. The zero-order valence-corrected chi connectivity index (χ0v) is 25.6. The van der Waals surface area contributed by atoms with Crippen molar-refractivity contribution in [1.82, 2.24) is 21.3 Å². The van der Waals surface area contributed by atoms with E-state index in [1.54, 1.807) is 30.3 Å². The van der Waals surface area contributed by atoms with Crippen molar-refractivity contribution in [2.75, 3.05) is 13.1 Å². The number of carbonyl (C=O) groups is 6. The lowest BCUT2D eigenvalue weighted by Gasteiger charge is -2.26. The third-order valence-corrected chi connectivity index (χ3v) is 6.73. The van der Waals surface area contributed by atoms with Gasteiger partial charge in [0.05, 0.1) is 13.0 Å². The maximum absolute atomic E-state index is 13.5. The molecule has 0 aliphatic heterocycles. The van der Waals surface area contributed by atoms with E-state index in [4.69, 9.17) is 22.9 Å². The van der Waals surface area contributed by atoms with Crippen molar-refractivity contribution < 1.29 is 39.0 Å². The molecule has 0 spiro atoms. The van der Waals surface area contributed by atoms with Crippen molar-refractivity contribution in [3.05, 3.63) is 65.7 Å².